The Labute approximate surface area is 134 Å². The molecule has 0 bridgehead atoms. The van der Waals surface area contributed by atoms with Gasteiger partial charge in [-0.05, 0) is 30.7 Å². The zero-order valence-corrected chi connectivity index (χ0v) is 12.8. The van der Waals surface area contributed by atoms with Crippen LogP contribution in [-0.2, 0) is 11.2 Å². The number of imidazole rings is 1. The molecule has 0 aliphatic carbocycles. The highest BCUT2D eigenvalue weighted by atomic mass is 16.5. The molecule has 0 aliphatic rings. The molecule has 0 aliphatic heterocycles. The van der Waals surface area contributed by atoms with Gasteiger partial charge in [0.1, 0.15) is 11.6 Å². The molecule has 0 radical (unpaired) electrons. The van der Waals surface area contributed by atoms with E-state index in [1.54, 1.807) is 0 Å². The minimum absolute atomic E-state index is 0.0364. The van der Waals surface area contributed by atoms with Gasteiger partial charge < -0.3 is 15.0 Å². The van der Waals surface area contributed by atoms with Crippen LogP contribution in [0.2, 0.25) is 0 Å². The van der Waals surface area contributed by atoms with Gasteiger partial charge in [-0.3, -0.25) is 4.79 Å². The minimum Gasteiger partial charge on any atom is -0.484 e. The number of carbonyl (C=O) groups excluding carboxylic acids is 1. The number of carbonyl (C=O) groups is 1. The molecule has 5 nitrogen and oxygen atoms in total. The van der Waals surface area contributed by atoms with Crippen molar-refractivity contribution in [2.45, 2.75) is 12.8 Å². The second-order valence-corrected chi connectivity index (χ2v) is 5.26. The SMILES string of the molecule is O=C(COc1ccccc1)NCCCc1nc2ccccc2[nH]1. The highest BCUT2D eigenvalue weighted by Crippen LogP contribution is 2.11. The Balaban J connectivity index is 1.37. The van der Waals surface area contributed by atoms with Crippen molar-refractivity contribution in [2.24, 2.45) is 0 Å². The van der Waals surface area contributed by atoms with E-state index in [4.69, 9.17) is 4.74 Å². The van der Waals surface area contributed by atoms with Crippen LogP contribution in [0.4, 0.5) is 0 Å². The molecule has 3 rings (SSSR count). The Morgan fingerprint density at radius 2 is 1.87 bits per heavy atom. The van der Waals surface area contributed by atoms with Gasteiger partial charge >= 0.3 is 0 Å². The molecule has 2 aromatic carbocycles. The number of hydrogen-bond acceptors (Lipinski definition) is 3. The first-order valence-electron chi connectivity index (χ1n) is 7.69. The van der Waals surface area contributed by atoms with Crippen LogP contribution in [0.25, 0.3) is 11.0 Å². The lowest BCUT2D eigenvalue weighted by atomic mass is 10.3. The summed E-state index contributed by atoms with van der Waals surface area (Å²) < 4.78 is 5.39. The second kappa shape index (κ2) is 7.45. The number of H-pyrrole nitrogens is 1. The van der Waals surface area contributed by atoms with Crippen molar-refractivity contribution in [3.63, 3.8) is 0 Å². The third-order valence-electron chi connectivity index (χ3n) is 3.46. The van der Waals surface area contributed by atoms with Gasteiger partial charge in [-0.15, -0.1) is 0 Å². The molecule has 2 N–H and O–H groups in total. The van der Waals surface area contributed by atoms with Crippen LogP contribution in [0.1, 0.15) is 12.2 Å². The summed E-state index contributed by atoms with van der Waals surface area (Å²) in [6.07, 6.45) is 1.63. The number of para-hydroxylation sites is 3. The third kappa shape index (κ3) is 4.32. The molecular formula is C18H19N3O2. The summed E-state index contributed by atoms with van der Waals surface area (Å²) in [6.45, 7) is 0.642. The smallest absolute Gasteiger partial charge is 0.257 e. The Bertz CT molecular complexity index is 735. The summed E-state index contributed by atoms with van der Waals surface area (Å²) in [4.78, 5) is 19.5. The van der Waals surface area contributed by atoms with E-state index in [2.05, 4.69) is 15.3 Å². The average Bonchev–Trinajstić information content (AvgIpc) is 3.00. The molecule has 5 heteroatoms. The van der Waals surface area contributed by atoms with Crippen molar-refractivity contribution in [3.8, 4) is 5.75 Å². The monoisotopic (exact) mass is 309 g/mol. The zero-order valence-electron chi connectivity index (χ0n) is 12.8. The number of ether oxygens (including phenoxy) is 1. The molecule has 23 heavy (non-hydrogen) atoms. The molecule has 0 fully saturated rings. The first kappa shape index (κ1) is 15.1. The first-order valence-corrected chi connectivity index (χ1v) is 7.69. The topological polar surface area (TPSA) is 67.0 Å². The van der Waals surface area contributed by atoms with Crippen LogP contribution in [0, 0.1) is 0 Å². The summed E-state index contributed by atoms with van der Waals surface area (Å²) in [5, 5.41) is 2.85. The lowest BCUT2D eigenvalue weighted by Crippen LogP contribution is -2.29. The number of benzene rings is 2. The van der Waals surface area contributed by atoms with E-state index < -0.39 is 0 Å². The van der Waals surface area contributed by atoms with Crippen molar-refractivity contribution in [2.75, 3.05) is 13.2 Å². The maximum Gasteiger partial charge on any atom is 0.257 e. The maximum atomic E-state index is 11.7. The van der Waals surface area contributed by atoms with Crippen molar-refractivity contribution in [1.82, 2.24) is 15.3 Å². The van der Waals surface area contributed by atoms with Crippen LogP contribution in [-0.4, -0.2) is 29.0 Å². The summed E-state index contributed by atoms with van der Waals surface area (Å²) >= 11 is 0. The highest BCUT2D eigenvalue weighted by molar-refractivity contribution is 5.77. The van der Waals surface area contributed by atoms with E-state index in [0.29, 0.717) is 12.3 Å². The Morgan fingerprint density at radius 1 is 1.09 bits per heavy atom. The van der Waals surface area contributed by atoms with Gasteiger partial charge in [-0.25, -0.2) is 4.98 Å². The fraction of sp³-hybridized carbons (Fsp3) is 0.222. The van der Waals surface area contributed by atoms with Crippen molar-refractivity contribution in [1.29, 1.82) is 0 Å². The third-order valence-corrected chi connectivity index (χ3v) is 3.46. The Hall–Kier alpha value is -2.82. The molecule has 0 saturated carbocycles. The first-order chi connectivity index (χ1) is 11.3. The van der Waals surface area contributed by atoms with Crippen LogP contribution in [0.15, 0.2) is 54.6 Å². The van der Waals surface area contributed by atoms with Gasteiger partial charge in [0.15, 0.2) is 6.61 Å². The van der Waals surface area contributed by atoms with E-state index >= 15 is 0 Å². The standard InChI is InChI=1S/C18H19N3O2/c22-18(13-23-14-7-2-1-3-8-14)19-12-6-11-17-20-15-9-4-5-10-16(15)21-17/h1-5,7-10H,6,11-13H2,(H,19,22)(H,20,21). The number of nitrogens with one attached hydrogen (secondary N) is 2. The summed E-state index contributed by atoms with van der Waals surface area (Å²) in [7, 11) is 0. The van der Waals surface area contributed by atoms with Crippen LogP contribution < -0.4 is 10.1 Å². The van der Waals surface area contributed by atoms with Crippen molar-refractivity contribution in [3.05, 3.63) is 60.4 Å². The molecule has 1 heterocycles. The number of aromatic amines is 1. The molecule has 0 atom stereocenters. The number of fused-ring (bicyclic) bond motifs is 1. The lowest BCUT2D eigenvalue weighted by Gasteiger charge is -2.06. The van der Waals surface area contributed by atoms with E-state index in [-0.39, 0.29) is 12.5 Å². The second-order valence-electron chi connectivity index (χ2n) is 5.26. The Morgan fingerprint density at radius 3 is 2.70 bits per heavy atom. The van der Waals surface area contributed by atoms with Gasteiger partial charge in [-0.1, -0.05) is 30.3 Å². The molecule has 3 aromatic rings. The van der Waals surface area contributed by atoms with Gasteiger partial charge in [0.25, 0.3) is 5.91 Å². The fourth-order valence-corrected chi connectivity index (χ4v) is 2.32. The number of aryl methyl sites for hydroxylation is 1. The van der Waals surface area contributed by atoms with Crippen LogP contribution in [0.3, 0.4) is 0 Å². The molecule has 1 amide bonds. The number of hydrogen-bond donors (Lipinski definition) is 2. The quantitative estimate of drug-likeness (QED) is 0.659. The normalized spacial score (nSPS) is 10.6. The van der Waals surface area contributed by atoms with Gasteiger partial charge in [0, 0.05) is 13.0 Å². The molecule has 0 saturated heterocycles. The molecular weight excluding hydrogens is 290 g/mol. The summed E-state index contributed by atoms with van der Waals surface area (Å²) in [6, 6.07) is 17.3. The average molecular weight is 309 g/mol. The molecule has 1 aromatic heterocycles. The van der Waals surface area contributed by atoms with Crippen molar-refractivity contribution >= 4 is 16.9 Å². The van der Waals surface area contributed by atoms with E-state index in [9.17, 15) is 4.79 Å². The number of nitrogens with zero attached hydrogens (tertiary/aromatic N) is 1. The predicted octanol–water partition coefficient (Wildman–Crippen LogP) is 2.69. The summed E-state index contributed by atoms with van der Waals surface area (Å²) in [5.74, 6) is 1.53. The molecule has 0 spiro atoms. The minimum atomic E-state index is -0.113. The number of aromatic nitrogens is 2. The van der Waals surface area contributed by atoms with Crippen LogP contribution in [0.5, 0.6) is 5.75 Å². The maximum absolute atomic E-state index is 11.7. The number of rotatable bonds is 7. The predicted molar refractivity (Wildman–Crippen MR) is 89.4 cm³/mol. The lowest BCUT2D eigenvalue weighted by molar-refractivity contribution is -0.123. The van der Waals surface area contributed by atoms with E-state index in [1.165, 1.54) is 0 Å². The van der Waals surface area contributed by atoms with E-state index in [1.807, 2.05) is 54.6 Å². The largest absolute Gasteiger partial charge is 0.484 e. The summed E-state index contributed by atoms with van der Waals surface area (Å²) in [5.41, 5.74) is 2.02. The van der Waals surface area contributed by atoms with E-state index in [0.717, 1.165) is 29.7 Å². The van der Waals surface area contributed by atoms with Gasteiger partial charge in [0.2, 0.25) is 0 Å². The van der Waals surface area contributed by atoms with Gasteiger partial charge in [0.05, 0.1) is 11.0 Å². The fourth-order valence-electron chi connectivity index (χ4n) is 2.32. The highest BCUT2D eigenvalue weighted by Gasteiger charge is 2.04. The molecule has 118 valence electrons. The van der Waals surface area contributed by atoms with Crippen molar-refractivity contribution < 1.29 is 9.53 Å². The number of amides is 1. The molecule has 0 unspecified atom stereocenters. The van der Waals surface area contributed by atoms with Gasteiger partial charge in [-0.2, -0.15) is 0 Å². The Kier molecular flexibility index (Phi) is 4.88. The van der Waals surface area contributed by atoms with Crippen LogP contribution >= 0.6 is 0 Å². The zero-order chi connectivity index (χ0) is 15.9.